The van der Waals surface area contributed by atoms with Crippen LogP contribution in [0.25, 0.3) is 16.8 Å². The second-order valence-electron chi connectivity index (χ2n) is 7.07. The molecule has 0 atom stereocenters. The van der Waals surface area contributed by atoms with Gasteiger partial charge in [0.2, 0.25) is 0 Å². The van der Waals surface area contributed by atoms with Gasteiger partial charge in [0, 0.05) is 15.6 Å². The Balaban J connectivity index is 1.50. The number of halogens is 1. The van der Waals surface area contributed by atoms with E-state index in [0.717, 1.165) is 37.9 Å². The van der Waals surface area contributed by atoms with Crippen molar-refractivity contribution in [2.24, 2.45) is 0 Å². The van der Waals surface area contributed by atoms with Gasteiger partial charge in [0.15, 0.2) is 5.78 Å². The zero-order chi connectivity index (χ0) is 21.6. The lowest BCUT2D eigenvalue weighted by molar-refractivity contribution is 0.104. The Labute approximate surface area is 190 Å². The molecule has 154 valence electrons. The highest BCUT2D eigenvalue weighted by Crippen LogP contribution is 2.24. The van der Waals surface area contributed by atoms with Crippen LogP contribution in [0.3, 0.4) is 0 Å². The molecule has 0 fully saturated rings. The largest absolute Gasteiger partial charge is 0.496 e. The van der Waals surface area contributed by atoms with E-state index < -0.39 is 0 Å². The zero-order valence-electron chi connectivity index (χ0n) is 17.0. The van der Waals surface area contributed by atoms with Gasteiger partial charge in [-0.1, -0.05) is 64.5 Å². The number of allylic oxidation sites excluding steroid dienone is 1. The maximum absolute atomic E-state index is 12.7. The van der Waals surface area contributed by atoms with Gasteiger partial charge in [-0.05, 0) is 64.9 Å². The Hall–Kier alpha value is -3.37. The van der Waals surface area contributed by atoms with E-state index in [0.29, 0.717) is 12.2 Å². The number of fused-ring (bicyclic) bond motifs is 1. The second kappa shape index (κ2) is 9.63. The summed E-state index contributed by atoms with van der Waals surface area (Å²) in [6, 6.07) is 27.2. The summed E-state index contributed by atoms with van der Waals surface area (Å²) in [7, 11) is 1.64. The van der Waals surface area contributed by atoms with Crippen molar-refractivity contribution >= 4 is 38.6 Å². The number of hydrogen-bond donors (Lipinski definition) is 0. The van der Waals surface area contributed by atoms with Crippen LogP contribution in [0.2, 0.25) is 0 Å². The van der Waals surface area contributed by atoms with Gasteiger partial charge < -0.3 is 9.47 Å². The van der Waals surface area contributed by atoms with Gasteiger partial charge in [0.25, 0.3) is 0 Å². The molecule has 0 amide bonds. The lowest BCUT2D eigenvalue weighted by Crippen LogP contribution is -1.99. The smallest absolute Gasteiger partial charge is 0.185 e. The number of ether oxygens (including phenoxy) is 2. The summed E-state index contributed by atoms with van der Waals surface area (Å²) in [4.78, 5) is 12.7. The Bertz CT molecular complexity index is 1240. The molecule has 0 radical (unpaired) electrons. The van der Waals surface area contributed by atoms with Crippen LogP contribution in [0.1, 0.15) is 21.5 Å². The second-order valence-corrected chi connectivity index (χ2v) is 7.99. The zero-order valence-corrected chi connectivity index (χ0v) is 18.6. The topological polar surface area (TPSA) is 35.5 Å². The van der Waals surface area contributed by atoms with Crippen LogP contribution in [0.15, 0.2) is 95.5 Å². The van der Waals surface area contributed by atoms with Crippen molar-refractivity contribution < 1.29 is 14.3 Å². The molecule has 4 rings (SSSR count). The molecule has 31 heavy (non-hydrogen) atoms. The Kier molecular flexibility index (Phi) is 6.48. The molecule has 0 bridgehead atoms. The molecule has 0 saturated heterocycles. The van der Waals surface area contributed by atoms with Crippen molar-refractivity contribution in [3.8, 4) is 11.5 Å². The first-order chi connectivity index (χ1) is 15.1. The molecule has 0 aliphatic heterocycles. The summed E-state index contributed by atoms with van der Waals surface area (Å²) in [6.45, 7) is 0.366. The van der Waals surface area contributed by atoms with Crippen LogP contribution in [0, 0.1) is 0 Å². The van der Waals surface area contributed by atoms with Crippen LogP contribution < -0.4 is 9.47 Å². The summed E-state index contributed by atoms with van der Waals surface area (Å²) in [5.41, 5.74) is 2.48. The van der Waals surface area contributed by atoms with Gasteiger partial charge in [-0.2, -0.15) is 0 Å². The normalized spacial score (nSPS) is 11.0. The molecular weight excluding hydrogens is 452 g/mol. The maximum Gasteiger partial charge on any atom is 0.185 e. The van der Waals surface area contributed by atoms with Crippen molar-refractivity contribution in [3.05, 3.63) is 112 Å². The molecule has 3 nitrogen and oxygen atoms in total. The third kappa shape index (κ3) is 5.22. The lowest BCUT2D eigenvalue weighted by Gasteiger charge is -2.11. The van der Waals surface area contributed by atoms with Crippen LogP contribution in [-0.4, -0.2) is 12.9 Å². The number of rotatable bonds is 7. The van der Waals surface area contributed by atoms with E-state index in [1.807, 2.05) is 91.0 Å². The minimum Gasteiger partial charge on any atom is -0.496 e. The standard InChI is InChI=1S/C27H21BrO3/c1-30-27-15-7-19(16-23(27)18-31-25-12-10-24(28)11-13-25)6-14-26(29)22-9-8-20-4-2-3-5-21(20)17-22/h2-17H,18H2,1H3/b14-6+. The first kappa shape index (κ1) is 20.9. The van der Waals surface area contributed by atoms with E-state index >= 15 is 0 Å². The number of methoxy groups -OCH3 is 1. The van der Waals surface area contributed by atoms with E-state index in [1.54, 1.807) is 13.2 Å². The minimum absolute atomic E-state index is 0.0331. The molecule has 0 spiro atoms. The summed E-state index contributed by atoms with van der Waals surface area (Å²) in [5.74, 6) is 1.49. The molecule has 4 heteroatoms. The molecule has 0 aliphatic carbocycles. The number of carbonyl (C=O) groups is 1. The summed E-state index contributed by atoms with van der Waals surface area (Å²) in [5, 5.41) is 2.17. The third-order valence-corrected chi connectivity index (χ3v) is 5.50. The van der Waals surface area contributed by atoms with Crippen molar-refractivity contribution in [2.75, 3.05) is 7.11 Å². The molecule has 0 N–H and O–H groups in total. The van der Waals surface area contributed by atoms with E-state index in [4.69, 9.17) is 9.47 Å². The van der Waals surface area contributed by atoms with Gasteiger partial charge >= 0.3 is 0 Å². The van der Waals surface area contributed by atoms with Crippen molar-refractivity contribution in [2.45, 2.75) is 6.61 Å². The molecule has 0 unspecified atom stereocenters. The average Bonchev–Trinajstić information content (AvgIpc) is 2.82. The molecule has 4 aromatic rings. The fourth-order valence-corrected chi connectivity index (χ4v) is 3.58. The number of hydrogen-bond acceptors (Lipinski definition) is 3. The highest BCUT2D eigenvalue weighted by Gasteiger charge is 2.07. The van der Waals surface area contributed by atoms with Crippen LogP contribution >= 0.6 is 15.9 Å². The van der Waals surface area contributed by atoms with Gasteiger partial charge in [0.1, 0.15) is 18.1 Å². The fraction of sp³-hybridized carbons (Fsp3) is 0.0741. The van der Waals surface area contributed by atoms with E-state index in [9.17, 15) is 4.79 Å². The summed E-state index contributed by atoms with van der Waals surface area (Å²) < 4.78 is 12.4. The average molecular weight is 473 g/mol. The Morgan fingerprint density at radius 2 is 1.68 bits per heavy atom. The first-order valence-corrected chi connectivity index (χ1v) is 10.7. The summed E-state index contributed by atoms with van der Waals surface area (Å²) in [6.07, 6.45) is 3.42. The van der Waals surface area contributed by atoms with Crippen LogP contribution in [0.4, 0.5) is 0 Å². The third-order valence-electron chi connectivity index (χ3n) is 4.97. The van der Waals surface area contributed by atoms with Crippen molar-refractivity contribution in [1.29, 1.82) is 0 Å². The summed E-state index contributed by atoms with van der Waals surface area (Å²) >= 11 is 3.42. The van der Waals surface area contributed by atoms with Gasteiger partial charge in [0.05, 0.1) is 7.11 Å². The first-order valence-electron chi connectivity index (χ1n) is 9.89. The molecule has 0 heterocycles. The molecular formula is C27H21BrO3. The van der Waals surface area contributed by atoms with Gasteiger partial charge in [-0.15, -0.1) is 0 Å². The highest BCUT2D eigenvalue weighted by atomic mass is 79.9. The van der Waals surface area contributed by atoms with Crippen molar-refractivity contribution in [3.63, 3.8) is 0 Å². The number of ketones is 1. The van der Waals surface area contributed by atoms with E-state index in [2.05, 4.69) is 15.9 Å². The number of carbonyl (C=O) groups excluding carboxylic acids is 1. The number of benzene rings is 4. The predicted octanol–water partition coefficient (Wildman–Crippen LogP) is 7.09. The van der Waals surface area contributed by atoms with Crippen LogP contribution in [-0.2, 0) is 6.61 Å². The van der Waals surface area contributed by atoms with E-state index in [-0.39, 0.29) is 5.78 Å². The molecule has 0 aliphatic rings. The molecule has 0 aromatic heterocycles. The SMILES string of the molecule is COc1ccc(/C=C/C(=O)c2ccc3ccccc3c2)cc1COc1ccc(Br)cc1. The maximum atomic E-state index is 12.7. The van der Waals surface area contributed by atoms with Crippen molar-refractivity contribution in [1.82, 2.24) is 0 Å². The minimum atomic E-state index is -0.0331. The molecule has 4 aromatic carbocycles. The Morgan fingerprint density at radius 3 is 2.45 bits per heavy atom. The van der Waals surface area contributed by atoms with Crippen LogP contribution in [0.5, 0.6) is 11.5 Å². The highest BCUT2D eigenvalue weighted by molar-refractivity contribution is 9.10. The van der Waals surface area contributed by atoms with Gasteiger partial charge in [-0.25, -0.2) is 0 Å². The fourth-order valence-electron chi connectivity index (χ4n) is 3.32. The monoisotopic (exact) mass is 472 g/mol. The van der Waals surface area contributed by atoms with Gasteiger partial charge in [-0.3, -0.25) is 4.79 Å². The quantitative estimate of drug-likeness (QED) is 0.212. The van der Waals surface area contributed by atoms with E-state index in [1.165, 1.54) is 0 Å². The molecule has 0 saturated carbocycles. The predicted molar refractivity (Wildman–Crippen MR) is 129 cm³/mol. The Morgan fingerprint density at radius 1 is 0.903 bits per heavy atom. The lowest BCUT2D eigenvalue weighted by atomic mass is 10.0.